The highest BCUT2D eigenvalue weighted by Gasteiger charge is 2.05. The maximum atomic E-state index is 12.0. The van der Waals surface area contributed by atoms with E-state index in [1.165, 1.54) is 17.1 Å². The second-order valence-corrected chi connectivity index (χ2v) is 5.44. The van der Waals surface area contributed by atoms with E-state index in [0.29, 0.717) is 0 Å². The molecule has 0 spiro atoms. The zero-order valence-electron chi connectivity index (χ0n) is 10.7. The molecule has 1 amide bonds. The third-order valence-electron chi connectivity index (χ3n) is 2.95. The zero-order valence-corrected chi connectivity index (χ0v) is 11.6. The van der Waals surface area contributed by atoms with Crippen LogP contribution in [0.3, 0.4) is 0 Å². The Labute approximate surface area is 121 Å². The van der Waals surface area contributed by atoms with Crippen molar-refractivity contribution in [3.05, 3.63) is 72.8 Å². The number of amides is 1. The minimum atomic E-state index is -0.0773. The minimum absolute atomic E-state index is 0.0773. The first-order valence-electron chi connectivity index (χ1n) is 6.34. The Balaban J connectivity index is 1.74. The predicted octanol–water partition coefficient (Wildman–Crippen LogP) is 5.16. The summed E-state index contributed by atoms with van der Waals surface area (Å²) in [5, 5.41) is 5.12. The maximum absolute atomic E-state index is 12.0. The Bertz CT molecular complexity index is 740. The van der Waals surface area contributed by atoms with E-state index < -0.39 is 0 Å². The van der Waals surface area contributed by atoms with Gasteiger partial charge in [-0.25, -0.2) is 0 Å². The van der Waals surface area contributed by atoms with Crippen LogP contribution in [0, 0.1) is 0 Å². The molecule has 98 valence electrons. The van der Waals surface area contributed by atoms with Crippen LogP contribution in [-0.4, -0.2) is 5.24 Å². The Morgan fingerprint density at radius 1 is 0.800 bits per heavy atom. The minimum Gasteiger partial charge on any atom is -0.317 e. The van der Waals surface area contributed by atoms with Crippen LogP contribution in [0.4, 0.5) is 10.5 Å². The van der Waals surface area contributed by atoms with Gasteiger partial charge in [-0.05, 0) is 46.8 Å². The average molecular weight is 279 g/mol. The van der Waals surface area contributed by atoms with Crippen molar-refractivity contribution in [1.82, 2.24) is 0 Å². The summed E-state index contributed by atoms with van der Waals surface area (Å²) < 4.78 is 0. The van der Waals surface area contributed by atoms with Gasteiger partial charge < -0.3 is 5.32 Å². The highest BCUT2D eigenvalue weighted by molar-refractivity contribution is 8.13. The maximum Gasteiger partial charge on any atom is 0.288 e. The number of carbonyl (C=O) groups is 1. The Kier molecular flexibility index (Phi) is 3.70. The summed E-state index contributed by atoms with van der Waals surface area (Å²) in [6.45, 7) is 0. The molecular weight excluding hydrogens is 266 g/mol. The van der Waals surface area contributed by atoms with Crippen LogP contribution in [0.1, 0.15) is 0 Å². The molecule has 0 saturated carbocycles. The first-order chi connectivity index (χ1) is 9.81. The number of benzene rings is 3. The van der Waals surface area contributed by atoms with Crippen LogP contribution in [0.5, 0.6) is 0 Å². The number of fused-ring (bicyclic) bond motifs is 1. The van der Waals surface area contributed by atoms with E-state index in [2.05, 4.69) is 11.4 Å². The van der Waals surface area contributed by atoms with Crippen molar-refractivity contribution in [2.75, 3.05) is 5.32 Å². The Morgan fingerprint density at radius 3 is 2.30 bits per heavy atom. The van der Waals surface area contributed by atoms with Crippen LogP contribution in [0.25, 0.3) is 10.8 Å². The molecule has 0 radical (unpaired) electrons. The predicted molar refractivity (Wildman–Crippen MR) is 85.3 cm³/mol. The van der Waals surface area contributed by atoms with E-state index in [4.69, 9.17) is 0 Å². The van der Waals surface area contributed by atoms with Crippen molar-refractivity contribution in [2.45, 2.75) is 4.90 Å². The second-order valence-electron chi connectivity index (χ2n) is 4.39. The van der Waals surface area contributed by atoms with Gasteiger partial charge in [-0.2, -0.15) is 0 Å². The molecule has 0 aliphatic rings. The largest absolute Gasteiger partial charge is 0.317 e. The van der Waals surface area contributed by atoms with E-state index in [1.54, 1.807) is 0 Å². The second kappa shape index (κ2) is 5.80. The van der Waals surface area contributed by atoms with Gasteiger partial charge in [0, 0.05) is 10.6 Å². The molecule has 1 N–H and O–H groups in total. The number of nitrogens with one attached hydrogen (secondary N) is 1. The van der Waals surface area contributed by atoms with Crippen molar-refractivity contribution in [3.8, 4) is 0 Å². The van der Waals surface area contributed by atoms with Gasteiger partial charge in [0.15, 0.2) is 0 Å². The molecule has 0 saturated heterocycles. The smallest absolute Gasteiger partial charge is 0.288 e. The summed E-state index contributed by atoms with van der Waals surface area (Å²) in [6.07, 6.45) is 0. The van der Waals surface area contributed by atoms with Crippen molar-refractivity contribution in [2.24, 2.45) is 0 Å². The summed E-state index contributed by atoms with van der Waals surface area (Å²) >= 11 is 1.19. The monoisotopic (exact) mass is 279 g/mol. The lowest BCUT2D eigenvalue weighted by Gasteiger charge is -2.06. The van der Waals surface area contributed by atoms with Gasteiger partial charge in [-0.3, -0.25) is 4.79 Å². The Morgan fingerprint density at radius 2 is 1.50 bits per heavy atom. The summed E-state index contributed by atoms with van der Waals surface area (Å²) in [7, 11) is 0. The summed E-state index contributed by atoms with van der Waals surface area (Å²) in [6, 6.07) is 23.6. The highest BCUT2D eigenvalue weighted by atomic mass is 32.2. The SMILES string of the molecule is O=C(Nc1ccc2ccccc2c1)Sc1ccccc1. The third-order valence-corrected chi connectivity index (χ3v) is 3.74. The fourth-order valence-corrected chi connectivity index (χ4v) is 2.68. The lowest BCUT2D eigenvalue weighted by Crippen LogP contribution is -2.04. The average Bonchev–Trinajstić information content (AvgIpc) is 2.48. The standard InChI is InChI=1S/C17H13NOS/c19-17(20-16-8-2-1-3-9-16)18-15-11-10-13-6-4-5-7-14(13)12-15/h1-12H,(H,18,19). The summed E-state index contributed by atoms with van der Waals surface area (Å²) in [5.74, 6) is 0. The van der Waals surface area contributed by atoms with Crippen molar-refractivity contribution in [3.63, 3.8) is 0 Å². The molecule has 3 rings (SSSR count). The molecule has 0 bridgehead atoms. The van der Waals surface area contributed by atoms with E-state index >= 15 is 0 Å². The molecule has 2 nitrogen and oxygen atoms in total. The molecular formula is C17H13NOS. The number of thioether (sulfide) groups is 1. The topological polar surface area (TPSA) is 29.1 Å². The van der Waals surface area contributed by atoms with Crippen LogP contribution in [-0.2, 0) is 0 Å². The van der Waals surface area contributed by atoms with Crippen molar-refractivity contribution >= 4 is 33.5 Å². The molecule has 3 aromatic rings. The fourth-order valence-electron chi connectivity index (χ4n) is 2.01. The van der Waals surface area contributed by atoms with Crippen molar-refractivity contribution < 1.29 is 4.79 Å². The number of hydrogen-bond donors (Lipinski definition) is 1. The Hall–Kier alpha value is -2.26. The number of carbonyl (C=O) groups excluding carboxylic acids is 1. The molecule has 0 aliphatic heterocycles. The molecule has 0 atom stereocenters. The van der Waals surface area contributed by atoms with Crippen LogP contribution in [0.15, 0.2) is 77.7 Å². The van der Waals surface area contributed by atoms with Gasteiger partial charge in [0.05, 0.1) is 0 Å². The van der Waals surface area contributed by atoms with Gasteiger partial charge >= 0.3 is 0 Å². The molecule has 3 aromatic carbocycles. The lowest BCUT2D eigenvalue weighted by atomic mass is 10.1. The van der Waals surface area contributed by atoms with Crippen molar-refractivity contribution in [1.29, 1.82) is 0 Å². The van der Waals surface area contributed by atoms with Crippen LogP contribution >= 0.6 is 11.8 Å². The third kappa shape index (κ3) is 3.00. The molecule has 0 aromatic heterocycles. The highest BCUT2D eigenvalue weighted by Crippen LogP contribution is 2.23. The summed E-state index contributed by atoms with van der Waals surface area (Å²) in [4.78, 5) is 12.9. The van der Waals surface area contributed by atoms with Gasteiger partial charge in [0.2, 0.25) is 0 Å². The van der Waals surface area contributed by atoms with Crippen LogP contribution in [0.2, 0.25) is 0 Å². The van der Waals surface area contributed by atoms with Gasteiger partial charge in [-0.15, -0.1) is 0 Å². The normalized spacial score (nSPS) is 10.4. The molecule has 0 aliphatic carbocycles. The fraction of sp³-hybridized carbons (Fsp3) is 0. The molecule has 0 fully saturated rings. The quantitative estimate of drug-likeness (QED) is 0.656. The van der Waals surface area contributed by atoms with E-state index in [9.17, 15) is 4.79 Å². The molecule has 3 heteroatoms. The van der Waals surface area contributed by atoms with Crippen LogP contribution < -0.4 is 5.32 Å². The van der Waals surface area contributed by atoms with Gasteiger partial charge in [0.1, 0.15) is 0 Å². The molecule has 0 unspecified atom stereocenters. The molecule has 20 heavy (non-hydrogen) atoms. The van der Waals surface area contributed by atoms with E-state index in [1.807, 2.05) is 66.7 Å². The van der Waals surface area contributed by atoms with Gasteiger partial charge in [-0.1, -0.05) is 48.5 Å². The van der Waals surface area contributed by atoms with Gasteiger partial charge in [0.25, 0.3) is 5.24 Å². The molecule has 0 heterocycles. The summed E-state index contributed by atoms with van der Waals surface area (Å²) in [5.41, 5.74) is 0.817. The zero-order chi connectivity index (χ0) is 13.8. The number of rotatable bonds is 2. The first-order valence-corrected chi connectivity index (χ1v) is 7.15. The first kappa shape index (κ1) is 12.8. The lowest BCUT2D eigenvalue weighted by molar-refractivity contribution is 0.270. The van der Waals surface area contributed by atoms with E-state index in [-0.39, 0.29) is 5.24 Å². The van der Waals surface area contributed by atoms with E-state index in [0.717, 1.165) is 16.0 Å². The number of hydrogen-bond acceptors (Lipinski definition) is 2. The number of anilines is 1.